The number of halogens is 1. The quantitative estimate of drug-likeness (QED) is 0.924. The first kappa shape index (κ1) is 15.5. The van der Waals surface area contributed by atoms with Gasteiger partial charge in [-0.1, -0.05) is 23.7 Å². The number of hydrogen-bond acceptors (Lipinski definition) is 2. The summed E-state index contributed by atoms with van der Waals surface area (Å²) in [6, 6.07) is 6.28. The van der Waals surface area contributed by atoms with E-state index < -0.39 is 11.5 Å². The fourth-order valence-electron chi connectivity index (χ4n) is 2.33. The SMILES string of the molecule is CC(=O)N(C(C)C)C(C)(C(=O)O)c1ccc(Cl)cc1. The molecule has 0 spiro atoms. The van der Waals surface area contributed by atoms with E-state index in [0.717, 1.165) is 0 Å². The van der Waals surface area contributed by atoms with E-state index in [1.54, 1.807) is 38.1 Å². The molecule has 0 fully saturated rings. The summed E-state index contributed by atoms with van der Waals surface area (Å²) in [6.45, 7) is 6.48. The summed E-state index contributed by atoms with van der Waals surface area (Å²) in [5.41, 5.74) is -0.891. The van der Waals surface area contributed by atoms with Gasteiger partial charge in [0.1, 0.15) is 0 Å². The molecule has 0 aliphatic carbocycles. The van der Waals surface area contributed by atoms with Crippen molar-refractivity contribution >= 4 is 23.5 Å². The van der Waals surface area contributed by atoms with Crippen LogP contribution >= 0.6 is 11.6 Å². The van der Waals surface area contributed by atoms with Gasteiger partial charge >= 0.3 is 5.97 Å². The molecule has 5 heteroatoms. The fraction of sp³-hybridized carbons (Fsp3) is 0.429. The van der Waals surface area contributed by atoms with E-state index in [2.05, 4.69) is 0 Å². The zero-order valence-electron chi connectivity index (χ0n) is 11.5. The fourth-order valence-corrected chi connectivity index (χ4v) is 2.46. The van der Waals surface area contributed by atoms with Crippen molar-refractivity contribution in [2.75, 3.05) is 0 Å². The molecule has 104 valence electrons. The van der Waals surface area contributed by atoms with Crippen molar-refractivity contribution in [1.82, 2.24) is 4.90 Å². The van der Waals surface area contributed by atoms with Gasteiger partial charge in [0.15, 0.2) is 5.54 Å². The summed E-state index contributed by atoms with van der Waals surface area (Å²) in [5.74, 6) is -1.35. The standard InChI is InChI=1S/C14H18ClNO3/c1-9(2)16(10(3)17)14(4,13(18)19)11-5-7-12(15)8-6-11/h5-9H,1-4H3,(H,18,19). The van der Waals surface area contributed by atoms with Crippen LogP contribution < -0.4 is 0 Å². The third-order valence-corrected chi connectivity index (χ3v) is 3.41. The number of benzene rings is 1. The van der Waals surface area contributed by atoms with E-state index in [9.17, 15) is 14.7 Å². The van der Waals surface area contributed by atoms with Gasteiger partial charge < -0.3 is 10.0 Å². The Balaban J connectivity index is 3.42. The number of nitrogens with zero attached hydrogens (tertiary/aromatic N) is 1. The first-order chi connectivity index (χ1) is 8.71. The van der Waals surface area contributed by atoms with Crippen LogP contribution in [0.5, 0.6) is 0 Å². The number of aliphatic carboxylic acids is 1. The molecule has 0 bridgehead atoms. The van der Waals surface area contributed by atoms with Gasteiger partial charge in [0, 0.05) is 18.0 Å². The highest BCUT2D eigenvalue weighted by Gasteiger charge is 2.44. The van der Waals surface area contributed by atoms with Crippen LogP contribution in [0.2, 0.25) is 5.02 Å². The molecule has 1 unspecified atom stereocenters. The Morgan fingerprint density at radius 1 is 1.26 bits per heavy atom. The molecule has 0 aliphatic rings. The average molecular weight is 284 g/mol. The van der Waals surface area contributed by atoms with Gasteiger partial charge in [-0.25, -0.2) is 4.79 Å². The summed E-state index contributed by atoms with van der Waals surface area (Å²) in [5, 5.41) is 10.1. The second-order valence-corrected chi connectivity index (χ2v) is 5.30. The maximum absolute atomic E-state index is 11.8. The predicted molar refractivity (Wildman–Crippen MR) is 74.1 cm³/mol. The van der Waals surface area contributed by atoms with Crippen LogP contribution in [0.3, 0.4) is 0 Å². The van der Waals surface area contributed by atoms with Crippen molar-refractivity contribution in [3.05, 3.63) is 34.9 Å². The van der Waals surface area contributed by atoms with Gasteiger partial charge in [0.2, 0.25) is 5.91 Å². The van der Waals surface area contributed by atoms with Crippen molar-refractivity contribution < 1.29 is 14.7 Å². The predicted octanol–water partition coefficient (Wildman–Crippen LogP) is 2.90. The van der Waals surface area contributed by atoms with Crippen LogP contribution in [0, 0.1) is 0 Å². The number of hydrogen-bond donors (Lipinski definition) is 1. The second-order valence-electron chi connectivity index (χ2n) is 4.87. The summed E-state index contributed by atoms with van der Waals surface area (Å²) in [6.07, 6.45) is 0. The van der Waals surface area contributed by atoms with Crippen LogP contribution in [-0.4, -0.2) is 27.9 Å². The first-order valence-electron chi connectivity index (χ1n) is 6.00. The molecule has 0 aromatic heterocycles. The molecule has 0 aliphatic heterocycles. The van der Waals surface area contributed by atoms with E-state index >= 15 is 0 Å². The van der Waals surface area contributed by atoms with Gasteiger partial charge in [-0.3, -0.25) is 4.79 Å². The number of carboxylic acid groups (broad SMARTS) is 1. The Morgan fingerprint density at radius 2 is 1.74 bits per heavy atom. The average Bonchev–Trinajstić information content (AvgIpc) is 2.28. The zero-order chi connectivity index (χ0) is 14.8. The number of carboxylic acids is 1. The van der Waals surface area contributed by atoms with E-state index in [1.807, 2.05) is 0 Å². The monoisotopic (exact) mass is 283 g/mol. The van der Waals surface area contributed by atoms with E-state index in [1.165, 1.54) is 18.7 Å². The van der Waals surface area contributed by atoms with Gasteiger partial charge in [-0.05, 0) is 38.5 Å². The molecule has 1 amide bonds. The molecule has 1 atom stereocenters. The Labute approximate surface area is 118 Å². The van der Waals surface area contributed by atoms with E-state index in [4.69, 9.17) is 11.6 Å². The van der Waals surface area contributed by atoms with Crippen LogP contribution in [-0.2, 0) is 15.1 Å². The van der Waals surface area contributed by atoms with Gasteiger partial charge in [0.25, 0.3) is 0 Å². The molecular formula is C14H18ClNO3. The lowest BCUT2D eigenvalue weighted by atomic mass is 9.88. The van der Waals surface area contributed by atoms with Crippen LogP contribution in [0.1, 0.15) is 33.3 Å². The highest BCUT2D eigenvalue weighted by molar-refractivity contribution is 6.30. The van der Waals surface area contributed by atoms with Crippen LogP contribution in [0.15, 0.2) is 24.3 Å². The Morgan fingerprint density at radius 3 is 2.05 bits per heavy atom. The number of amides is 1. The highest BCUT2D eigenvalue weighted by Crippen LogP contribution is 2.31. The van der Waals surface area contributed by atoms with E-state index in [-0.39, 0.29) is 11.9 Å². The largest absolute Gasteiger partial charge is 0.479 e. The lowest BCUT2D eigenvalue weighted by Gasteiger charge is -2.40. The Kier molecular flexibility index (Phi) is 4.58. The normalized spacial score (nSPS) is 14.0. The van der Waals surface area contributed by atoms with Crippen molar-refractivity contribution in [2.24, 2.45) is 0 Å². The molecule has 0 saturated carbocycles. The topological polar surface area (TPSA) is 57.6 Å². The smallest absolute Gasteiger partial charge is 0.334 e. The Hall–Kier alpha value is -1.55. The number of carbonyl (C=O) groups excluding carboxylic acids is 1. The van der Waals surface area contributed by atoms with Crippen molar-refractivity contribution in [3.8, 4) is 0 Å². The molecule has 1 N–H and O–H groups in total. The zero-order valence-corrected chi connectivity index (χ0v) is 12.2. The number of rotatable bonds is 4. The van der Waals surface area contributed by atoms with Crippen molar-refractivity contribution in [1.29, 1.82) is 0 Å². The van der Waals surface area contributed by atoms with Crippen molar-refractivity contribution in [2.45, 2.75) is 39.3 Å². The minimum atomic E-state index is -1.41. The highest BCUT2D eigenvalue weighted by atomic mass is 35.5. The van der Waals surface area contributed by atoms with Crippen LogP contribution in [0.4, 0.5) is 0 Å². The molecule has 19 heavy (non-hydrogen) atoms. The van der Waals surface area contributed by atoms with Gasteiger partial charge in [-0.15, -0.1) is 0 Å². The maximum atomic E-state index is 11.8. The minimum Gasteiger partial charge on any atom is -0.479 e. The molecular weight excluding hydrogens is 266 g/mol. The van der Waals surface area contributed by atoms with Crippen molar-refractivity contribution in [3.63, 3.8) is 0 Å². The maximum Gasteiger partial charge on any atom is 0.334 e. The molecule has 1 aromatic rings. The molecule has 0 radical (unpaired) electrons. The summed E-state index contributed by atoms with van der Waals surface area (Å²) < 4.78 is 0. The molecule has 1 rings (SSSR count). The third-order valence-electron chi connectivity index (χ3n) is 3.16. The second kappa shape index (κ2) is 5.61. The summed E-state index contributed by atoms with van der Waals surface area (Å²) in [4.78, 5) is 24.9. The lowest BCUT2D eigenvalue weighted by Crippen LogP contribution is -2.55. The van der Waals surface area contributed by atoms with E-state index in [0.29, 0.717) is 10.6 Å². The first-order valence-corrected chi connectivity index (χ1v) is 6.38. The molecule has 0 heterocycles. The molecule has 1 aromatic carbocycles. The van der Waals surface area contributed by atoms with Crippen LogP contribution in [0.25, 0.3) is 0 Å². The molecule has 0 saturated heterocycles. The van der Waals surface area contributed by atoms with Gasteiger partial charge in [0.05, 0.1) is 0 Å². The van der Waals surface area contributed by atoms with Gasteiger partial charge in [-0.2, -0.15) is 0 Å². The number of carbonyl (C=O) groups is 2. The summed E-state index contributed by atoms with van der Waals surface area (Å²) >= 11 is 5.82. The summed E-state index contributed by atoms with van der Waals surface area (Å²) in [7, 11) is 0. The Bertz CT molecular complexity index is 484. The minimum absolute atomic E-state index is 0.228. The molecule has 4 nitrogen and oxygen atoms in total. The lowest BCUT2D eigenvalue weighted by molar-refractivity contribution is -0.160. The third kappa shape index (κ3) is 2.89.